The fourth-order valence-corrected chi connectivity index (χ4v) is 1.37. The fraction of sp³-hybridized carbons (Fsp3) is 0.625. The minimum Gasteiger partial charge on any atom is -0.319 e. The van der Waals surface area contributed by atoms with Crippen molar-refractivity contribution in [3.05, 3.63) is 20.7 Å². The molecule has 0 aromatic carbocycles. The number of hydrogen-bond acceptors (Lipinski definition) is 3. The predicted molar refractivity (Wildman–Crippen MR) is 51.5 cm³/mol. The molecule has 1 aromatic heterocycles. The highest BCUT2D eigenvalue weighted by atomic mass is 32.1. The largest absolute Gasteiger partial charge is 0.319 e. The van der Waals surface area contributed by atoms with Crippen LogP contribution < -0.4 is 10.2 Å². The van der Waals surface area contributed by atoms with Crippen LogP contribution in [0.4, 0.5) is 0 Å². The highest BCUT2D eigenvalue weighted by molar-refractivity contribution is 7.09. The molecule has 0 radical (unpaired) electrons. The molecule has 1 heterocycles. The Bertz CT molecular complexity index is 294. The normalized spacial score (nSPS) is 11.9. The van der Waals surface area contributed by atoms with E-state index in [2.05, 4.69) is 31.1 Å². The molecule has 0 aliphatic heterocycles. The van der Waals surface area contributed by atoms with Gasteiger partial charge in [-0.2, -0.15) is 0 Å². The molecule has 0 fully saturated rings. The topological polar surface area (TPSA) is 44.9 Å². The van der Waals surface area contributed by atoms with Gasteiger partial charge < -0.3 is 10.3 Å². The Morgan fingerprint density at radius 3 is 2.67 bits per heavy atom. The molecule has 1 aromatic rings. The first kappa shape index (κ1) is 9.48. The molecule has 1 rings (SSSR count). The first-order chi connectivity index (χ1) is 5.47. The van der Waals surface area contributed by atoms with E-state index in [0.717, 1.165) is 11.4 Å². The maximum Gasteiger partial charge on any atom is 0.304 e. The van der Waals surface area contributed by atoms with E-state index >= 15 is 0 Å². The van der Waals surface area contributed by atoms with Crippen molar-refractivity contribution in [1.82, 2.24) is 10.3 Å². The van der Waals surface area contributed by atoms with E-state index < -0.39 is 0 Å². The summed E-state index contributed by atoms with van der Waals surface area (Å²) in [6.07, 6.45) is 1.76. The van der Waals surface area contributed by atoms with Crippen molar-refractivity contribution in [1.29, 1.82) is 0 Å². The molecule has 0 saturated carbocycles. The third-order valence-electron chi connectivity index (χ3n) is 1.37. The van der Waals surface area contributed by atoms with Crippen molar-refractivity contribution in [2.75, 3.05) is 0 Å². The molecule has 68 valence electrons. The fourth-order valence-electron chi connectivity index (χ4n) is 0.757. The number of aromatic amines is 1. The second kappa shape index (κ2) is 3.41. The van der Waals surface area contributed by atoms with Gasteiger partial charge in [0, 0.05) is 23.2 Å². The molecule has 0 bridgehead atoms. The molecule has 2 N–H and O–H groups in total. The smallest absolute Gasteiger partial charge is 0.304 e. The highest BCUT2D eigenvalue weighted by Crippen LogP contribution is 2.04. The number of aromatic nitrogens is 1. The highest BCUT2D eigenvalue weighted by Gasteiger charge is 2.08. The summed E-state index contributed by atoms with van der Waals surface area (Å²) in [5.41, 5.74) is 0.104. The number of rotatable bonds is 2. The van der Waals surface area contributed by atoms with E-state index in [0.29, 0.717) is 0 Å². The van der Waals surface area contributed by atoms with Crippen LogP contribution in [0.15, 0.2) is 11.0 Å². The van der Waals surface area contributed by atoms with Crippen LogP contribution in [0, 0.1) is 0 Å². The Kier molecular flexibility index (Phi) is 2.69. The first-order valence-electron chi connectivity index (χ1n) is 3.90. The van der Waals surface area contributed by atoms with E-state index in [1.54, 1.807) is 6.20 Å². The summed E-state index contributed by atoms with van der Waals surface area (Å²) in [5.74, 6) is 0. The van der Waals surface area contributed by atoms with Gasteiger partial charge in [-0.05, 0) is 20.8 Å². The number of H-pyrrole nitrogens is 1. The Hall–Kier alpha value is -0.610. The molecule has 0 atom stereocenters. The third-order valence-corrected chi connectivity index (χ3v) is 2.20. The van der Waals surface area contributed by atoms with Gasteiger partial charge in [-0.3, -0.25) is 4.79 Å². The second-order valence-corrected chi connectivity index (χ2v) is 4.85. The maximum atomic E-state index is 10.7. The zero-order valence-corrected chi connectivity index (χ0v) is 8.42. The van der Waals surface area contributed by atoms with E-state index in [-0.39, 0.29) is 10.4 Å². The number of hydrogen-bond donors (Lipinski definition) is 2. The van der Waals surface area contributed by atoms with Crippen molar-refractivity contribution in [3.8, 4) is 0 Å². The third kappa shape index (κ3) is 3.19. The van der Waals surface area contributed by atoms with Crippen molar-refractivity contribution in [2.24, 2.45) is 0 Å². The summed E-state index contributed by atoms with van der Waals surface area (Å²) < 4.78 is 0. The molecular weight excluding hydrogens is 172 g/mol. The Morgan fingerprint density at radius 1 is 1.58 bits per heavy atom. The number of nitrogens with one attached hydrogen (secondary N) is 2. The van der Waals surface area contributed by atoms with Gasteiger partial charge in [0.15, 0.2) is 0 Å². The Morgan fingerprint density at radius 2 is 2.25 bits per heavy atom. The summed E-state index contributed by atoms with van der Waals surface area (Å²) in [4.78, 5) is 14.4. The lowest BCUT2D eigenvalue weighted by Gasteiger charge is -2.19. The van der Waals surface area contributed by atoms with E-state index in [9.17, 15) is 4.79 Å². The summed E-state index contributed by atoms with van der Waals surface area (Å²) >= 11 is 1.25. The van der Waals surface area contributed by atoms with Gasteiger partial charge >= 0.3 is 4.87 Å². The van der Waals surface area contributed by atoms with Gasteiger partial charge in [-0.15, -0.1) is 0 Å². The summed E-state index contributed by atoms with van der Waals surface area (Å²) in [6.45, 7) is 7.06. The van der Waals surface area contributed by atoms with Gasteiger partial charge in [0.1, 0.15) is 0 Å². The average Bonchev–Trinajstić information content (AvgIpc) is 2.30. The van der Waals surface area contributed by atoms with E-state index in [1.807, 2.05) is 0 Å². The minimum atomic E-state index is 0.0145. The lowest BCUT2D eigenvalue weighted by molar-refractivity contribution is 0.426. The maximum absolute atomic E-state index is 10.7. The molecule has 0 aliphatic rings. The van der Waals surface area contributed by atoms with Crippen LogP contribution in [0.25, 0.3) is 0 Å². The standard InChI is InChI=1S/C8H14N2OS/c1-8(2,3)10-5-6-4-9-7(11)12-6/h4,10H,5H2,1-3H3,(H,9,11). The molecule has 0 aliphatic carbocycles. The Labute approximate surface area is 75.8 Å². The predicted octanol–water partition coefficient (Wildman–Crippen LogP) is 1.32. The first-order valence-corrected chi connectivity index (χ1v) is 4.71. The van der Waals surface area contributed by atoms with Crippen molar-refractivity contribution >= 4 is 11.3 Å². The van der Waals surface area contributed by atoms with Gasteiger partial charge in [0.2, 0.25) is 0 Å². The zero-order valence-electron chi connectivity index (χ0n) is 7.60. The quantitative estimate of drug-likeness (QED) is 0.731. The molecule has 4 heteroatoms. The molecule has 0 saturated heterocycles. The summed E-state index contributed by atoms with van der Waals surface area (Å²) in [7, 11) is 0. The lowest BCUT2D eigenvalue weighted by atomic mass is 10.1. The molecule has 12 heavy (non-hydrogen) atoms. The summed E-state index contributed by atoms with van der Waals surface area (Å²) in [5, 5.41) is 3.30. The lowest BCUT2D eigenvalue weighted by Crippen LogP contribution is -2.34. The van der Waals surface area contributed by atoms with Crippen LogP contribution in [0.1, 0.15) is 25.6 Å². The van der Waals surface area contributed by atoms with Crippen molar-refractivity contribution < 1.29 is 0 Å². The molecule has 0 unspecified atom stereocenters. The minimum absolute atomic E-state index is 0.0145. The molecule has 3 nitrogen and oxygen atoms in total. The van der Waals surface area contributed by atoms with Crippen LogP contribution in [0.2, 0.25) is 0 Å². The van der Waals surface area contributed by atoms with Gasteiger partial charge in [-0.1, -0.05) is 11.3 Å². The SMILES string of the molecule is CC(C)(C)NCc1c[nH]c(=O)s1. The van der Waals surface area contributed by atoms with Crippen molar-refractivity contribution in [2.45, 2.75) is 32.9 Å². The second-order valence-electron chi connectivity index (χ2n) is 3.75. The van der Waals surface area contributed by atoms with Gasteiger partial charge in [0.25, 0.3) is 0 Å². The van der Waals surface area contributed by atoms with Crippen molar-refractivity contribution in [3.63, 3.8) is 0 Å². The van der Waals surface area contributed by atoms with Gasteiger partial charge in [-0.25, -0.2) is 0 Å². The average molecular weight is 186 g/mol. The molecule has 0 amide bonds. The van der Waals surface area contributed by atoms with E-state index in [4.69, 9.17) is 0 Å². The molecule has 0 spiro atoms. The van der Waals surface area contributed by atoms with Crippen LogP contribution in [-0.4, -0.2) is 10.5 Å². The van der Waals surface area contributed by atoms with E-state index in [1.165, 1.54) is 11.3 Å². The van der Waals surface area contributed by atoms with Crippen LogP contribution in [-0.2, 0) is 6.54 Å². The number of thiazole rings is 1. The van der Waals surface area contributed by atoms with Gasteiger partial charge in [0.05, 0.1) is 0 Å². The zero-order chi connectivity index (χ0) is 9.19. The Balaban J connectivity index is 2.49. The van der Waals surface area contributed by atoms with Crippen LogP contribution in [0.3, 0.4) is 0 Å². The molecular formula is C8H14N2OS. The monoisotopic (exact) mass is 186 g/mol. The van der Waals surface area contributed by atoms with Crippen LogP contribution in [0.5, 0.6) is 0 Å². The summed E-state index contributed by atoms with van der Waals surface area (Å²) in [6, 6.07) is 0. The van der Waals surface area contributed by atoms with Crippen LogP contribution >= 0.6 is 11.3 Å².